The van der Waals surface area contributed by atoms with Gasteiger partial charge in [0.2, 0.25) is 0 Å². The van der Waals surface area contributed by atoms with Gasteiger partial charge in [0.15, 0.2) is 11.6 Å². The van der Waals surface area contributed by atoms with Gasteiger partial charge in [-0.1, -0.05) is 6.92 Å². The number of halogens is 2. The van der Waals surface area contributed by atoms with Gasteiger partial charge in [0, 0.05) is 17.5 Å². The molecule has 1 aromatic heterocycles. The molecule has 2 rings (SSSR count). The zero-order valence-electron chi connectivity index (χ0n) is 9.34. The van der Waals surface area contributed by atoms with Gasteiger partial charge in [0.25, 0.3) is 0 Å². The largest absolute Gasteiger partial charge is 0.311 e. The van der Waals surface area contributed by atoms with Crippen LogP contribution in [0.1, 0.15) is 11.9 Å². The molecule has 1 N–H and O–H groups in total. The van der Waals surface area contributed by atoms with Crippen LogP contribution in [0.15, 0.2) is 23.6 Å². The van der Waals surface area contributed by atoms with Gasteiger partial charge in [-0.2, -0.15) is 0 Å². The van der Waals surface area contributed by atoms with E-state index in [1.54, 1.807) is 0 Å². The number of nitrogens with one attached hydrogen (secondary N) is 1. The van der Waals surface area contributed by atoms with Crippen molar-refractivity contribution in [1.29, 1.82) is 0 Å². The summed E-state index contributed by atoms with van der Waals surface area (Å²) in [4.78, 5) is 4.36. The van der Waals surface area contributed by atoms with Crippen molar-refractivity contribution < 1.29 is 8.78 Å². The second-order valence-electron chi connectivity index (χ2n) is 3.54. The van der Waals surface area contributed by atoms with Gasteiger partial charge in [-0.15, -0.1) is 11.3 Å². The van der Waals surface area contributed by atoms with Crippen molar-refractivity contribution in [3.05, 3.63) is 40.2 Å². The summed E-state index contributed by atoms with van der Waals surface area (Å²) >= 11 is 1.50. The fourth-order valence-corrected chi connectivity index (χ4v) is 2.18. The quantitative estimate of drug-likeness (QED) is 0.906. The first-order valence-electron chi connectivity index (χ1n) is 5.31. The summed E-state index contributed by atoms with van der Waals surface area (Å²) in [5.41, 5.74) is 1.28. The van der Waals surface area contributed by atoms with Crippen LogP contribution in [0.25, 0.3) is 11.3 Å². The van der Waals surface area contributed by atoms with Crippen LogP contribution in [0.3, 0.4) is 0 Å². The van der Waals surface area contributed by atoms with E-state index in [0.717, 1.165) is 17.6 Å². The Kier molecular flexibility index (Phi) is 3.81. The summed E-state index contributed by atoms with van der Waals surface area (Å²) in [6.45, 7) is 3.59. The highest BCUT2D eigenvalue weighted by Crippen LogP contribution is 2.23. The molecule has 0 bridgehead atoms. The molecule has 1 heterocycles. The predicted octanol–water partition coefficient (Wildman–Crippen LogP) is 3.20. The Bertz CT molecular complexity index is 511. The Morgan fingerprint density at radius 2 is 2.12 bits per heavy atom. The van der Waals surface area contributed by atoms with Crippen molar-refractivity contribution in [2.75, 3.05) is 6.54 Å². The summed E-state index contributed by atoms with van der Waals surface area (Å²) in [5.74, 6) is -1.68. The summed E-state index contributed by atoms with van der Waals surface area (Å²) < 4.78 is 25.8. The van der Waals surface area contributed by atoms with Gasteiger partial charge in [-0.3, -0.25) is 0 Å². The number of rotatable bonds is 4. The number of benzene rings is 1. The van der Waals surface area contributed by atoms with Crippen LogP contribution in [0, 0.1) is 11.6 Å². The van der Waals surface area contributed by atoms with E-state index in [2.05, 4.69) is 10.3 Å². The average molecular weight is 254 g/mol. The number of hydrogen-bond donors (Lipinski definition) is 1. The molecular formula is C12H12F2N2S. The molecule has 0 saturated carbocycles. The molecule has 90 valence electrons. The normalized spacial score (nSPS) is 10.8. The lowest BCUT2D eigenvalue weighted by Crippen LogP contribution is -2.11. The smallest absolute Gasteiger partial charge is 0.159 e. The molecule has 0 fully saturated rings. The first-order valence-corrected chi connectivity index (χ1v) is 6.19. The van der Waals surface area contributed by atoms with E-state index < -0.39 is 11.6 Å². The fourth-order valence-electron chi connectivity index (χ4n) is 1.41. The molecule has 5 heteroatoms. The Morgan fingerprint density at radius 1 is 1.29 bits per heavy atom. The van der Waals surface area contributed by atoms with Crippen molar-refractivity contribution in [3.8, 4) is 11.3 Å². The first kappa shape index (κ1) is 12.1. The van der Waals surface area contributed by atoms with E-state index >= 15 is 0 Å². The van der Waals surface area contributed by atoms with Crippen molar-refractivity contribution >= 4 is 11.3 Å². The lowest BCUT2D eigenvalue weighted by Gasteiger charge is -1.98. The molecule has 0 radical (unpaired) electrons. The van der Waals surface area contributed by atoms with Gasteiger partial charge in [-0.25, -0.2) is 13.8 Å². The van der Waals surface area contributed by atoms with Crippen LogP contribution in [0.2, 0.25) is 0 Å². The highest BCUT2D eigenvalue weighted by molar-refractivity contribution is 7.09. The highest BCUT2D eigenvalue weighted by atomic mass is 32.1. The second kappa shape index (κ2) is 5.33. The maximum absolute atomic E-state index is 13.1. The molecule has 1 aromatic carbocycles. The Labute approximate surface area is 102 Å². The second-order valence-corrected chi connectivity index (χ2v) is 4.48. The topological polar surface area (TPSA) is 24.9 Å². The molecule has 0 saturated heterocycles. The zero-order chi connectivity index (χ0) is 12.3. The Morgan fingerprint density at radius 3 is 2.82 bits per heavy atom. The zero-order valence-corrected chi connectivity index (χ0v) is 10.2. The van der Waals surface area contributed by atoms with Gasteiger partial charge in [0.05, 0.1) is 5.69 Å². The molecule has 0 unspecified atom stereocenters. The molecule has 0 spiro atoms. The SMILES string of the molecule is CCNCc1nc(-c2ccc(F)c(F)c2)cs1. The third kappa shape index (κ3) is 2.87. The van der Waals surface area contributed by atoms with Gasteiger partial charge in [-0.05, 0) is 24.7 Å². The summed E-state index contributed by atoms with van der Waals surface area (Å²) in [5, 5.41) is 5.95. The van der Waals surface area contributed by atoms with E-state index in [-0.39, 0.29) is 0 Å². The number of hydrogen-bond acceptors (Lipinski definition) is 3. The molecule has 2 nitrogen and oxygen atoms in total. The monoisotopic (exact) mass is 254 g/mol. The Balaban J connectivity index is 2.21. The molecule has 2 aromatic rings. The molecule has 0 aliphatic carbocycles. The maximum Gasteiger partial charge on any atom is 0.159 e. The minimum atomic E-state index is -0.844. The third-order valence-corrected chi connectivity index (χ3v) is 3.14. The first-order chi connectivity index (χ1) is 8.20. The van der Waals surface area contributed by atoms with E-state index in [4.69, 9.17) is 0 Å². The van der Waals surface area contributed by atoms with Crippen molar-refractivity contribution in [2.45, 2.75) is 13.5 Å². The maximum atomic E-state index is 13.1. The van der Waals surface area contributed by atoms with Crippen molar-refractivity contribution in [1.82, 2.24) is 10.3 Å². The Hall–Kier alpha value is -1.33. The fraction of sp³-hybridized carbons (Fsp3) is 0.250. The van der Waals surface area contributed by atoms with E-state index in [1.165, 1.54) is 23.5 Å². The minimum absolute atomic E-state index is 0.600. The molecule has 0 aliphatic heterocycles. The third-order valence-electron chi connectivity index (χ3n) is 2.29. The molecule has 0 atom stereocenters. The van der Waals surface area contributed by atoms with E-state index in [9.17, 15) is 8.78 Å². The van der Waals surface area contributed by atoms with Crippen molar-refractivity contribution in [3.63, 3.8) is 0 Å². The van der Waals surface area contributed by atoms with E-state index in [0.29, 0.717) is 17.8 Å². The van der Waals surface area contributed by atoms with Crippen LogP contribution >= 0.6 is 11.3 Å². The van der Waals surface area contributed by atoms with Crippen LogP contribution in [-0.4, -0.2) is 11.5 Å². The molecule has 0 amide bonds. The van der Waals surface area contributed by atoms with E-state index in [1.807, 2.05) is 12.3 Å². The minimum Gasteiger partial charge on any atom is -0.311 e. The van der Waals surface area contributed by atoms with Gasteiger partial charge < -0.3 is 5.32 Å². The standard InChI is InChI=1S/C12H12F2N2S/c1-2-15-6-12-16-11(7-17-12)8-3-4-9(13)10(14)5-8/h3-5,7,15H,2,6H2,1H3. The van der Waals surface area contributed by atoms with Gasteiger partial charge >= 0.3 is 0 Å². The lowest BCUT2D eigenvalue weighted by molar-refractivity contribution is 0.509. The lowest BCUT2D eigenvalue weighted by atomic mass is 10.2. The predicted molar refractivity (Wildman–Crippen MR) is 64.8 cm³/mol. The molecule has 0 aliphatic rings. The number of aromatic nitrogens is 1. The molecular weight excluding hydrogens is 242 g/mol. The highest BCUT2D eigenvalue weighted by Gasteiger charge is 2.07. The van der Waals surface area contributed by atoms with Gasteiger partial charge in [0.1, 0.15) is 5.01 Å². The van der Waals surface area contributed by atoms with Crippen LogP contribution < -0.4 is 5.32 Å². The average Bonchev–Trinajstić information content (AvgIpc) is 2.79. The van der Waals surface area contributed by atoms with Crippen LogP contribution in [0.5, 0.6) is 0 Å². The molecule has 17 heavy (non-hydrogen) atoms. The summed E-state index contributed by atoms with van der Waals surface area (Å²) in [7, 11) is 0. The number of thiazole rings is 1. The number of nitrogens with zero attached hydrogens (tertiary/aromatic N) is 1. The van der Waals surface area contributed by atoms with Crippen LogP contribution in [0.4, 0.5) is 8.78 Å². The summed E-state index contributed by atoms with van der Waals surface area (Å²) in [6, 6.07) is 3.82. The van der Waals surface area contributed by atoms with Crippen molar-refractivity contribution in [2.24, 2.45) is 0 Å². The summed E-state index contributed by atoms with van der Waals surface area (Å²) in [6.07, 6.45) is 0. The van der Waals surface area contributed by atoms with Crippen LogP contribution in [-0.2, 0) is 6.54 Å².